The van der Waals surface area contributed by atoms with Gasteiger partial charge in [0.25, 0.3) is 5.91 Å². The van der Waals surface area contributed by atoms with Crippen molar-refractivity contribution in [3.63, 3.8) is 0 Å². The molecule has 0 saturated heterocycles. The van der Waals surface area contributed by atoms with Gasteiger partial charge in [-0.15, -0.1) is 0 Å². The average molecular weight is 340 g/mol. The summed E-state index contributed by atoms with van der Waals surface area (Å²) in [5.74, 6) is 1.31. The fourth-order valence-electron chi connectivity index (χ4n) is 3.03. The first-order valence-corrected chi connectivity index (χ1v) is 8.74. The molecule has 1 amide bonds. The summed E-state index contributed by atoms with van der Waals surface area (Å²) in [4.78, 5) is 20.7. The maximum Gasteiger partial charge on any atom is 0.270 e. The third-order valence-electron chi connectivity index (χ3n) is 4.47. The van der Waals surface area contributed by atoms with Crippen LogP contribution in [0.1, 0.15) is 48.2 Å². The van der Waals surface area contributed by atoms with Gasteiger partial charge in [0.05, 0.1) is 7.11 Å². The fourth-order valence-corrected chi connectivity index (χ4v) is 3.03. The van der Waals surface area contributed by atoms with Crippen molar-refractivity contribution in [2.75, 3.05) is 12.4 Å². The molecule has 0 aliphatic heterocycles. The fraction of sp³-hybridized carbons (Fsp3) is 0.421. The van der Waals surface area contributed by atoms with Crippen molar-refractivity contribution < 1.29 is 9.53 Å². The predicted molar refractivity (Wildman–Crippen MR) is 96.7 cm³/mol. The highest BCUT2D eigenvalue weighted by Gasteiger charge is 2.15. The molecule has 6 heteroatoms. The highest BCUT2D eigenvalue weighted by molar-refractivity contribution is 5.92. The lowest BCUT2D eigenvalue weighted by Crippen LogP contribution is -2.25. The second-order valence-electron chi connectivity index (χ2n) is 6.30. The first kappa shape index (κ1) is 17.2. The maximum atomic E-state index is 12.3. The van der Waals surface area contributed by atoms with Gasteiger partial charge in [-0.1, -0.05) is 31.4 Å². The van der Waals surface area contributed by atoms with Crippen LogP contribution in [0, 0.1) is 0 Å². The number of nitrogens with zero attached hydrogens (tertiary/aromatic N) is 2. The molecule has 6 nitrogen and oxygen atoms in total. The van der Waals surface area contributed by atoms with Crippen molar-refractivity contribution >= 4 is 11.7 Å². The molecule has 1 aliphatic carbocycles. The quantitative estimate of drug-likeness (QED) is 0.845. The molecule has 1 heterocycles. The van der Waals surface area contributed by atoms with Gasteiger partial charge in [0.2, 0.25) is 0 Å². The Hall–Kier alpha value is -2.63. The van der Waals surface area contributed by atoms with Crippen LogP contribution in [0.3, 0.4) is 0 Å². The highest BCUT2D eigenvalue weighted by atomic mass is 16.5. The molecule has 3 rings (SSSR count). The van der Waals surface area contributed by atoms with E-state index in [-0.39, 0.29) is 5.91 Å². The van der Waals surface area contributed by atoms with Gasteiger partial charge in [-0.05, 0) is 30.5 Å². The molecule has 0 atom stereocenters. The van der Waals surface area contributed by atoms with Gasteiger partial charge in [-0.25, -0.2) is 9.97 Å². The number of methoxy groups -OCH3 is 1. The zero-order valence-electron chi connectivity index (χ0n) is 14.5. The first-order valence-electron chi connectivity index (χ1n) is 8.74. The molecule has 1 aromatic heterocycles. The van der Waals surface area contributed by atoms with E-state index in [1.807, 2.05) is 24.3 Å². The number of aromatic nitrogens is 2. The summed E-state index contributed by atoms with van der Waals surface area (Å²) in [6.45, 7) is 0.443. The molecule has 0 bridgehead atoms. The third-order valence-corrected chi connectivity index (χ3v) is 4.47. The summed E-state index contributed by atoms with van der Waals surface area (Å²) >= 11 is 0. The van der Waals surface area contributed by atoms with Crippen LogP contribution in [-0.2, 0) is 6.54 Å². The van der Waals surface area contributed by atoms with Crippen molar-refractivity contribution in [1.82, 2.24) is 15.3 Å². The van der Waals surface area contributed by atoms with E-state index in [1.54, 1.807) is 13.2 Å². The number of hydrogen-bond acceptors (Lipinski definition) is 5. The SMILES string of the molecule is COc1ccc(CNC(=O)c2cc(NC3CCCCC3)ncn2)cc1. The van der Waals surface area contributed by atoms with E-state index in [9.17, 15) is 4.79 Å². The predicted octanol–water partition coefficient (Wildman–Crippen LogP) is 3.16. The molecule has 1 aromatic carbocycles. The number of carbonyl (C=O) groups is 1. The average Bonchev–Trinajstić information content (AvgIpc) is 2.67. The summed E-state index contributed by atoms with van der Waals surface area (Å²) < 4.78 is 5.13. The Kier molecular flexibility index (Phi) is 5.82. The van der Waals surface area contributed by atoms with Crippen LogP contribution in [0.4, 0.5) is 5.82 Å². The first-order chi connectivity index (χ1) is 12.2. The summed E-state index contributed by atoms with van der Waals surface area (Å²) in [7, 11) is 1.63. The summed E-state index contributed by atoms with van der Waals surface area (Å²) in [6, 6.07) is 9.76. The monoisotopic (exact) mass is 340 g/mol. The molecule has 25 heavy (non-hydrogen) atoms. The van der Waals surface area contributed by atoms with Crippen molar-refractivity contribution in [3.8, 4) is 5.75 Å². The second kappa shape index (κ2) is 8.46. The van der Waals surface area contributed by atoms with Gasteiger partial charge in [0, 0.05) is 18.7 Å². The molecular formula is C19H24N4O2. The standard InChI is InChI=1S/C19H24N4O2/c1-25-16-9-7-14(8-10-16)12-20-19(24)17-11-18(22-13-21-17)23-15-5-3-2-4-6-15/h7-11,13,15H,2-6,12H2,1H3,(H,20,24)(H,21,22,23). The Morgan fingerprint density at radius 1 is 1.16 bits per heavy atom. The Balaban J connectivity index is 1.56. The Morgan fingerprint density at radius 3 is 2.64 bits per heavy atom. The van der Waals surface area contributed by atoms with Crippen LogP contribution >= 0.6 is 0 Å². The smallest absolute Gasteiger partial charge is 0.270 e. The van der Waals surface area contributed by atoms with Crippen LogP contribution in [0.2, 0.25) is 0 Å². The summed E-state index contributed by atoms with van der Waals surface area (Å²) in [6.07, 6.45) is 7.55. The number of ether oxygens (including phenoxy) is 1. The van der Waals surface area contributed by atoms with E-state index in [2.05, 4.69) is 20.6 Å². The van der Waals surface area contributed by atoms with Gasteiger partial charge in [-0.2, -0.15) is 0 Å². The molecule has 2 N–H and O–H groups in total. The van der Waals surface area contributed by atoms with Crippen LogP contribution in [0.25, 0.3) is 0 Å². The lowest BCUT2D eigenvalue weighted by Gasteiger charge is -2.23. The van der Waals surface area contributed by atoms with Crippen LogP contribution in [-0.4, -0.2) is 29.0 Å². The van der Waals surface area contributed by atoms with E-state index < -0.39 is 0 Å². The number of anilines is 1. The van der Waals surface area contributed by atoms with E-state index in [4.69, 9.17) is 4.74 Å². The molecule has 0 radical (unpaired) electrons. The minimum Gasteiger partial charge on any atom is -0.497 e. The number of rotatable bonds is 6. The second-order valence-corrected chi connectivity index (χ2v) is 6.30. The van der Waals surface area contributed by atoms with Gasteiger partial charge < -0.3 is 15.4 Å². The van der Waals surface area contributed by atoms with Crippen LogP contribution < -0.4 is 15.4 Å². The molecule has 1 aliphatic rings. The van der Waals surface area contributed by atoms with Crippen LogP contribution in [0.5, 0.6) is 5.75 Å². The maximum absolute atomic E-state index is 12.3. The normalized spacial score (nSPS) is 14.8. The van der Waals surface area contributed by atoms with Crippen LogP contribution in [0.15, 0.2) is 36.7 Å². The number of amides is 1. The lowest BCUT2D eigenvalue weighted by atomic mass is 9.95. The molecule has 0 spiro atoms. The van der Waals surface area contributed by atoms with E-state index in [1.165, 1.54) is 25.6 Å². The molecule has 0 unspecified atom stereocenters. The highest BCUT2D eigenvalue weighted by Crippen LogP contribution is 2.20. The molecule has 132 valence electrons. The van der Waals surface area contributed by atoms with Crippen molar-refractivity contribution in [3.05, 3.63) is 47.9 Å². The number of nitrogens with one attached hydrogen (secondary N) is 2. The summed E-state index contributed by atoms with van der Waals surface area (Å²) in [5, 5.41) is 6.30. The zero-order valence-corrected chi connectivity index (χ0v) is 14.5. The Labute approximate surface area is 148 Å². The zero-order chi connectivity index (χ0) is 17.5. The number of carbonyl (C=O) groups excluding carboxylic acids is 1. The largest absolute Gasteiger partial charge is 0.497 e. The van der Waals surface area contributed by atoms with E-state index in [0.717, 1.165) is 30.0 Å². The number of benzene rings is 1. The summed E-state index contributed by atoms with van der Waals surface area (Å²) in [5.41, 5.74) is 1.38. The van der Waals surface area contributed by atoms with Gasteiger partial charge in [0.15, 0.2) is 0 Å². The topological polar surface area (TPSA) is 76.1 Å². The molecule has 1 saturated carbocycles. The van der Waals surface area contributed by atoms with E-state index in [0.29, 0.717) is 18.3 Å². The molecule has 1 fully saturated rings. The lowest BCUT2D eigenvalue weighted by molar-refractivity contribution is 0.0946. The van der Waals surface area contributed by atoms with Crippen molar-refractivity contribution in [2.24, 2.45) is 0 Å². The minimum absolute atomic E-state index is 0.204. The third kappa shape index (κ3) is 4.92. The number of hydrogen-bond donors (Lipinski definition) is 2. The van der Waals surface area contributed by atoms with Gasteiger partial charge >= 0.3 is 0 Å². The van der Waals surface area contributed by atoms with E-state index >= 15 is 0 Å². The van der Waals surface area contributed by atoms with Crippen molar-refractivity contribution in [1.29, 1.82) is 0 Å². The molecular weight excluding hydrogens is 316 g/mol. The van der Waals surface area contributed by atoms with Crippen molar-refractivity contribution in [2.45, 2.75) is 44.7 Å². The minimum atomic E-state index is -0.204. The van der Waals surface area contributed by atoms with Gasteiger partial charge in [0.1, 0.15) is 23.6 Å². The Morgan fingerprint density at radius 2 is 1.92 bits per heavy atom. The molecule has 2 aromatic rings. The Bertz CT molecular complexity index is 697. The van der Waals surface area contributed by atoms with Gasteiger partial charge in [-0.3, -0.25) is 4.79 Å².